The number of hydrogen-bond acceptors (Lipinski definition) is 4. The van der Waals surface area contributed by atoms with Crippen molar-refractivity contribution in [2.45, 2.75) is 20.3 Å². The molecular formula is C38H31Cl2N2O2SiZr. The predicted octanol–water partition coefficient (Wildman–Crippen LogP) is 10.9. The van der Waals surface area contributed by atoms with Crippen LogP contribution in [-0.2, 0) is 15.6 Å². The zero-order valence-electron chi connectivity index (χ0n) is 25.4. The number of oxazole rings is 2. The van der Waals surface area contributed by atoms with Crippen molar-refractivity contribution in [3.63, 3.8) is 0 Å². The van der Waals surface area contributed by atoms with Gasteiger partial charge in [0.25, 0.3) is 0 Å². The molecule has 8 rings (SSSR count). The number of rotatable bonds is 7. The van der Waals surface area contributed by atoms with Gasteiger partial charge in [-0.25, -0.2) is 0 Å². The van der Waals surface area contributed by atoms with Gasteiger partial charge in [0.05, 0.1) is 0 Å². The minimum atomic E-state index is -5.17. The molecule has 46 heavy (non-hydrogen) atoms. The van der Waals surface area contributed by atoms with Crippen LogP contribution >= 0.6 is 17.0 Å². The summed E-state index contributed by atoms with van der Waals surface area (Å²) in [5, 5.41) is 0. The Morgan fingerprint density at radius 1 is 0.587 bits per heavy atom. The van der Waals surface area contributed by atoms with Crippen LogP contribution in [0, 0.1) is 0 Å². The van der Waals surface area contributed by atoms with E-state index in [0.717, 1.165) is 44.5 Å². The Bertz CT molecular complexity index is 1980. The molecule has 0 bridgehead atoms. The van der Waals surface area contributed by atoms with Crippen LogP contribution in [0.2, 0.25) is 13.1 Å². The maximum atomic E-state index is 8.72. The van der Waals surface area contributed by atoms with Crippen molar-refractivity contribution in [3.05, 3.63) is 155 Å². The van der Waals surface area contributed by atoms with Crippen LogP contribution in [0.3, 0.4) is 0 Å². The van der Waals surface area contributed by atoms with Crippen molar-refractivity contribution in [1.82, 2.24) is 9.97 Å². The molecule has 4 aromatic carbocycles. The van der Waals surface area contributed by atoms with Crippen LogP contribution < -0.4 is 0 Å². The van der Waals surface area contributed by atoms with Crippen molar-refractivity contribution in [1.29, 1.82) is 0 Å². The molecular weight excluding hydrogens is 707 g/mol. The van der Waals surface area contributed by atoms with Gasteiger partial charge in [-0.05, 0) is 0 Å². The number of hydrogen-bond donors (Lipinski definition) is 0. The van der Waals surface area contributed by atoms with E-state index in [1.165, 1.54) is 11.1 Å². The van der Waals surface area contributed by atoms with Gasteiger partial charge >= 0.3 is 279 Å². The number of aromatic nitrogens is 2. The van der Waals surface area contributed by atoms with E-state index in [4.69, 9.17) is 25.9 Å². The number of benzene rings is 4. The van der Waals surface area contributed by atoms with Crippen LogP contribution in [-0.4, -0.2) is 15.9 Å². The molecule has 2 heterocycles. The molecule has 0 aliphatic heterocycles. The Hall–Kier alpha value is -3.54. The van der Waals surface area contributed by atoms with Gasteiger partial charge in [0.15, 0.2) is 0 Å². The van der Waals surface area contributed by atoms with Crippen LogP contribution in [0.4, 0.5) is 0 Å². The molecule has 0 N–H and O–H groups in total. The van der Waals surface area contributed by atoms with E-state index in [-0.39, 0.29) is 7.25 Å². The molecule has 6 aromatic rings. The number of fused-ring (bicyclic) bond motifs is 2. The van der Waals surface area contributed by atoms with Crippen LogP contribution in [0.15, 0.2) is 131 Å². The van der Waals surface area contributed by atoms with Gasteiger partial charge in [-0.1, -0.05) is 0 Å². The third-order valence-corrected chi connectivity index (χ3v) is 61.4. The molecule has 0 saturated carbocycles. The molecule has 2 aliphatic carbocycles. The average Bonchev–Trinajstić information content (AvgIpc) is 3.90. The molecule has 0 saturated heterocycles. The van der Waals surface area contributed by atoms with Crippen molar-refractivity contribution >= 4 is 46.2 Å². The topological polar surface area (TPSA) is 52.1 Å². The minimum absolute atomic E-state index is 0.155. The summed E-state index contributed by atoms with van der Waals surface area (Å²) in [6, 6.07) is 34.0. The van der Waals surface area contributed by atoms with Crippen molar-refractivity contribution in [2.75, 3.05) is 0 Å². The maximum absolute atomic E-state index is 8.72. The molecule has 0 fully saturated rings. The van der Waals surface area contributed by atoms with Gasteiger partial charge < -0.3 is 0 Å². The SMILES string of the molecule is C[SiH](C)[Zr]([Cl])([Cl])([CH]1C(c2ccccc2)=Cc2c(-c3ncco3)cccc21)[CH]1C(c2ccccc2)=Cc2c(-c3ncco3)cccc21. The fraction of sp³-hybridized carbons (Fsp3) is 0.105. The molecule has 2 unspecified atom stereocenters. The predicted molar refractivity (Wildman–Crippen MR) is 189 cm³/mol. The van der Waals surface area contributed by atoms with E-state index in [1.807, 2.05) is 0 Å². The first-order chi connectivity index (χ1) is 22.4. The second-order valence-corrected chi connectivity index (χ2v) is 55.0. The molecule has 4 nitrogen and oxygen atoms in total. The molecule has 2 aliphatic rings. The van der Waals surface area contributed by atoms with Gasteiger partial charge in [0.1, 0.15) is 0 Å². The van der Waals surface area contributed by atoms with E-state index in [0.29, 0.717) is 11.8 Å². The first-order valence-electron chi connectivity index (χ1n) is 15.5. The fourth-order valence-electron chi connectivity index (χ4n) is 7.67. The Labute approximate surface area is 277 Å². The molecule has 227 valence electrons. The van der Waals surface area contributed by atoms with E-state index in [9.17, 15) is 0 Å². The molecule has 2 atom stereocenters. The van der Waals surface area contributed by atoms with Gasteiger partial charge in [0, 0.05) is 0 Å². The fourth-order valence-corrected chi connectivity index (χ4v) is 37.8. The Balaban J connectivity index is 1.43. The molecule has 0 radical (unpaired) electrons. The Morgan fingerprint density at radius 3 is 1.39 bits per heavy atom. The van der Waals surface area contributed by atoms with E-state index >= 15 is 0 Å². The van der Waals surface area contributed by atoms with Gasteiger partial charge in [-0.15, -0.1) is 0 Å². The first-order valence-corrected chi connectivity index (χ1v) is 31.8. The summed E-state index contributed by atoms with van der Waals surface area (Å²) in [6.45, 7) is 4.73. The standard InChI is InChI=1S/2C18H12NO.C2H7Si.2ClH.Zr/c2*1-2-5-13(6-3-1)15-11-14-7-4-8-16(17(14)12-15)18-19-9-10-20-18;1-3-2;;;/h2*1-12H;3H,1-2H3;2*1H;/q;;;;;+2/p-2. The zero-order valence-corrected chi connectivity index (χ0v) is 30.5. The summed E-state index contributed by atoms with van der Waals surface area (Å²) in [5.74, 6) is -0.655. The zero-order chi connectivity index (χ0) is 31.5. The second-order valence-electron chi connectivity index (χ2n) is 12.5. The second kappa shape index (κ2) is 11.3. The average molecular weight is 738 g/mol. The summed E-state index contributed by atoms with van der Waals surface area (Å²) in [6.07, 6.45) is 11.2. The summed E-state index contributed by atoms with van der Waals surface area (Å²) in [5.41, 5.74) is 11.0. The first kappa shape index (κ1) is 29.8. The summed E-state index contributed by atoms with van der Waals surface area (Å²) < 4.78 is 11.4. The van der Waals surface area contributed by atoms with Gasteiger partial charge in [-0.3, -0.25) is 0 Å². The van der Waals surface area contributed by atoms with Crippen LogP contribution in [0.25, 0.3) is 46.2 Å². The van der Waals surface area contributed by atoms with Crippen molar-refractivity contribution in [2.24, 2.45) is 0 Å². The van der Waals surface area contributed by atoms with Crippen molar-refractivity contribution < 1.29 is 24.4 Å². The third-order valence-electron chi connectivity index (χ3n) is 9.87. The van der Waals surface area contributed by atoms with E-state index < -0.39 is 21.5 Å². The molecule has 2 aromatic heterocycles. The van der Waals surface area contributed by atoms with E-state index in [1.54, 1.807) is 24.9 Å². The van der Waals surface area contributed by atoms with Crippen LogP contribution in [0.1, 0.15) is 40.6 Å². The van der Waals surface area contributed by atoms with E-state index in [2.05, 4.69) is 132 Å². The normalized spacial score (nSPS) is 18.1. The summed E-state index contributed by atoms with van der Waals surface area (Å²) >= 11 is -5.17. The Morgan fingerprint density at radius 2 is 1.02 bits per heavy atom. The monoisotopic (exact) mass is 735 g/mol. The Kier molecular flexibility index (Phi) is 7.34. The quantitative estimate of drug-likeness (QED) is 0.153. The molecule has 0 amide bonds. The third kappa shape index (κ3) is 4.49. The molecule has 8 heteroatoms. The number of halogens is 2. The van der Waals surface area contributed by atoms with Gasteiger partial charge in [-0.2, -0.15) is 0 Å². The van der Waals surface area contributed by atoms with Gasteiger partial charge in [0.2, 0.25) is 0 Å². The van der Waals surface area contributed by atoms with Crippen molar-refractivity contribution in [3.8, 4) is 22.9 Å². The summed E-state index contributed by atoms with van der Waals surface area (Å²) in [4.78, 5) is 9.07. The number of nitrogens with zero attached hydrogens (tertiary/aromatic N) is 2. The molecule has 0 spiro atoms. The summed E-state index contributed by atoms with van der Waals surface area (Å²) in [7, 11) is 17.4. The van der Waals surface area contributed by atoms with Crippen LogP contribution in [0.5, 0.6) is 0 Å². The number of allylic oxidation sites excluding steroid dienone is 2.